The molecule has 1 aromatic rings. The molecule has 0 radical (unpaired) electrons. The zero-order chi connectivity index (χ0) is 13.8. The number of anilines is 1. The Labute approximate surface area is 118 Å². The highest BCUT2D eigenvalue weighted by Crippen LogP contribution is 2.19. The lowest BCUT2D eigenvalue weighted by molar-refractivity contribution is 0.0942. The molecule has 1 fully saturated rings. The molecule has 0 saturated carbocycles. The van der Waals surface area contributed by atoms with Crippen LogP contribution in [0.25, 0.3) is 0 Å². The van der Waals surface area contributed by atoms with Gasteiger partial charge in [-0.1, -0.05) is 18.5 Å². The minimum absolute atomic E-state index is 0.128. The van der Waals surface area contributed by atoms with Gasteiger partial charge in [-0.2, -0.15) is 0 Å². The monoisotopic (exact) mass is 281 g/mol. The van der Waals surface area contributed by atoms with E-state index in [9.17, 15) is 4.79 Å². The highest BCUT2D eigenvalue weighted by atomic mass is 35.5. The van der Waals surface area contributed by atoms with Crippen LogP contribution in [0, 0.1) is 0 Å². The Bertz CT molecular complexity index is 464. The number of hydrogen-bond donors (Lipinski definition) is 2. The molecule has 0 spiro atoms. The van der Waals surface area contributed by atoms with Crippen molar-refractivity contribution in [3.63, 3.8) is 0 Å². The van der Waals surface area contributed by atoms with E-state index in [1.54, 1.807) is 18.2 Å². The summed E-state index contributed by atoms with van der Waals surface area (Å²) < 4.78 is 0. The summed E-state index contributed by atoms with van der Waals surface area (Å²) in [6.45, 7) is 4.98. The average molecular weight is 282 g/mol. The van der Waals surface area contributed by atoms with Crippen LogP contribution in [0.4, 0.5) is 5.69 Å². The summed E-state index contributed by atoms with van der Waals surface area (Å²) in [7, 11) is 0. The number of carbonyl (C=O) groups excluding carboxylic acids is 1. The number of benzene rings is 1. The van der Waals surface area contributed by atoms with Gasteiger partial charge in [0.1, 0.15) is 0 Å². The van der Waals surface area contributed by atoms with Crippen molar-refractivity contribution >= 4 is 23.2 Å². The van der Waals surface area contributed by atoms with E-state index < -0.39 is 0 Å². The fourth-order valence-electron chi connectivity index (χ4n) is 2.59. The molecule has 1 heterocycles. The summed E-state index contributed by atoms with van der Waals surface area (Å²) in [4.78, 5) is 14.5. The molecule has 1 atom stereocenters. The lowest BCUT2D eigenvalue weighted by Gasteiger charge is -2.23. The number of nitrogens with one attached hydrogen (secondary N) is 1. The summed E-state index contributed by atoms with van der Waals surface area (Å²) in [5.74, 6) is -0.128. The molecule has 0 bridgehead atoms. The predicted octanol–water partition coefficient (Wildman–Crippen LogP) is 2.14. The van der Waals surface area contributed by atoms with Gasteiger partial charge >= 0.3 is 0 Å². The first-order valence-electron chi connectivity index (χ1n) is 6.69. The molecular formula is C14H20ClN3O. The van der Waals surface area contributed by atoms with E-state index in [0.717, 1.165) is 19.5 Å². The summed E-state index contributed by atoms with van der Waals surface area (Å²) in [5, 5.41) is 3.51. The lowest BCUT2D eigenvalue weighted by Crippen LogP contribution is -2.40. The second kappa shape index (κ2) is 6.26. The summed E-state index contributed by atoms with van der Waals surface area (Å²) >= 11 is 5.82. The minimum atomic E-state index is -0.128. The van der Waals surface area contributed by atoms with Crippen molar-refractivity contribution in [1.29, 1.82) is 0 Å². The third-order valence-corrected chi connectivity index (χ3v) is 3.90. The molecular weight excluding hydrogens is 262 g/mol. The molecule has 1 saturated heterocycles. The molecule has 19 heavy (non-hydrogen) atoms. The standard InChI is InChI=1S/C14H20ClN3O/c1-2-18-7-3-4-11(18)9-17-14(19)12-6-5-10(15)8-13(12)16/h5-6,8,11H,2-4,7,9,16H2,1H3,(H,17,19). The molecule has 1 aromatic carbocycles. The van der Waals surface area contributed by atoms with E-state index in [2.05, 4.69) is 17.1 Å². The van der Waals surface area contributed by atoms with Crippen LogP contribution < -0.4 is 11.1 Å². The largest absolute Gasteiger partial charge is 0.398 e. The molecule has 1 unspecified atom stereocenters. The first kappa shape index (κ1) is 14.2. The van der Waals surface area contributed by atoms with E-state index in [0.29, 0.717) is 28.9 Å². The number of rotatable bonds is 4. The van der Waals surface area contributed by atoms with E-state index in [4.69, 9.17) is 17.3 Å². The number of likely N-dealkylation sites (N-methyl/N-ethyl adjacent to an activating group) is 1. The summed E-state index contributed by atoms with van der Waals surface area (Å²) in [6, 6.07) is 5.40. The van der Waals surface area contributed by atoms with Crippen LogP contribution in [-0.2, 0) is 0 Å². The van der Waals surface area contributed by atoms with Gasteiger partial charge in [-0.15, -0.1) is 0 Å². The Morgan fingerprint density at radius 2 is 2.37 bits per heavy atom. The van der Waals surface area contributed by atoms with Gasteiger partial charge in [0.05, 0.1) is 5.56 Å². The second-order valence-corrected chi connectivity index (χ2v) is 5.30. The van der Waals surface area contributed by atoms with Crippen LogP contribution in [-0.4, -0.2) is 36.5 Å². The van der Waals surface area contributed by atoms with Gasteiger partial charge in [0.15, 0.2) is 0 Å². The molecule has 104 valence electrons. The SMILES string of the molecule is CCN1CCCC1CNC(=O)c1ccc(Cl)cc1N. The Kier molecular flexibility index (Phi) is 4.66. The van der Waals surface area contributed by atoms with Gasteiger partial charge in [0.2, 0.25) is 0 Å². The molecule has 3 N–H and O–H groups in total. The van der Waals surface area contributed by atoms with Gasteiger partial charge in [-0.25, -0.2) is 0 Å². The molecule has 1 aliphatic rings. The van der Waals surface area contributed by atoms with Crippen LogP contribution in [0.2, 0.25) is 5.02 Å². The summed E-state index contributed by atoms with van der Waals surface area (Å²) in [6.07, 6.45) is 2.35. The number of hydrogen-bond acceptors (Lipinski definition) is 3. The number of amides is 1. The van der Waals surface area contributed by atoms with Crippen LogP contribution in [0.5, 0.6) is 0 Å². The first-order valence-corrected chi connectivity index (χ1v) is 7.07. The fourth-order valence-corrected chi connectivity index (χ4v) is 2.77. The van der Waals surface area contributed by atoms with E-state index in [1.807, 2.05) is 0 Å². The quantitative estimate of drug-likeness (QED) is 0.832. The lowest BCUT2D eigenvalue weighted by atomic mass is 10.1. The maximum absolute atomic E-state index is 12.1. The van der Waals surface area contributed by atoms with Crippen molar-refractivity contribution in [2.75, 3.05) is 25.4 Å². The van der Waals surface area contributed by atoms with Crippen LogP contribution in [0.15, 0.2) is 18.2 Å². The maximum Gasteiger partial charge on any atom is 0.253 e. The number of halogens is 1. The second-order valence-electron chi connectivity index (χ2n) is 4.87. The number of carbonyl (C=O) groups is 1. The number of nitrogens with two attached hydrogens (primary N) is 1. The van der Waals surface area contributed by atoms with Crippen molar-refractivity contribution in [2.45, 2.75) is 25.8 Å². The third-order valence-electron chi connectivity index (χ3n) is 3.66. The van der Waals surface area contributed by atoms with Gasteiger partial charge in [0, 0.05) is 23.3 Å². The zero-order valence-electron chi connectivity index (χ0n) is 11.2. The molecule has 0 aliphatic carbocycles. The van der Waals surface area contributed by atoms with Crippen LogP contribution in [0.1, 0.15) is 30.1 Å². The van der Waals surface area contributed by atoms with Crippen molar-refractivity contribution in [2.24, 2.45) is 0 Å². The van der Waals surface area contributed by atoms with Crippen molar-refractivity contribution in [3.8, 4) is 0 Å². The Hall–Kier alpha value is -1.26. The third kappa shape index (κ3) is 3.39. The Morgan fingerprint density at radius 1 is 1.58 bits per heavy atom. The minimum Gasteiger partial charge on any atom is -0.398 e. The average Bonchev–Trinajstić information content (AvgIpc) is 2.83. The molecule has 5 heteroatoms. The van der Waals surface area contributed by atoms with Gasteiger partial charge in [0.25, 0.3) is 5.91 Å². The Morgan fingerprint density at radius 3 is 3.05 bits per heavy atom. The first-order chi connectivity index (χ1) is 9.11. The maximum atomic E-state index is 12.1. The van der Waals surface area contributed by atoms with Crippen molar-refractivity contribution < 1.29 is 4.79 Å². The zero-order valence-corrected chi connectivity index (χ0v) is 11.9. The number of nitrogen functional groups attached to an aromatic ring is 1. The van der Waals surface area contributed by atoms with Crippen LogP contribution in [0.3, 0.4) is 0 Å². The van der Waals surface area contributed by atoms with Crippen molar-refractivity contribution in [1.82, 2.24) is 10.2 Å². The molecule has 0 aromatic heterocycles. The number of nitrogens with zero attached hydrogens (tertiary/aromatic N) is 1. The predicted molar refractivity (Wildman–Crippen MR) is 78.5 cm³/mol. The molecule has 1 amide bonds. The van der Waals surface area contributed by atoms with E-state index in [-0.39, 0.29) is 5.91 Å². The van der Waals surface area contributed by atoms with Gasteiger partial charge in [-0.3, -0.25) is 9.69 Å². The van der Waals surface area contributed by atoms with Gasteiger partial charge in [-0.05, 0) is 44.1 Å². The van der Waals surface area contributed by atoms with E-state index in [1.165, 1.54) is 6.42 Å². The number of likely N-dealkylation sites (tertiary alicyclic amines) is 1. The summed E-state index contributed by atoms with van der Waals surface area (Å²) in [5.41, 5.74) is 6.72. The normalized spacial score (nSPS) is 19.6. The smallest absolute Gasteiger partial charge is 0.253 e. The topological polar surface area (TPSA) is 58.4 Å². The van der Waals surface area contributed by atoms with Crippen LogP contribution >= 0.6 is 11.6 Å². The fraction of sp³-hybridized carbons (Fsp3) is 0.500. The van der Waals surface area contributed by atoms with E-state index >= 15 is 0 Å². The Balaban J connectivity index is 1.94. The highest BCUT2D eigenvalue weighted by molar-refractivity contribution is 6.31. The van der Waals surface area contributed by atoms with Crippen molar-refractivity contribution in [3.05, 3.63) is 28.8 Å². The molecule has 2 rings (SSSR count). The molecule has 4 nitrogen and oxygen atoms in total. The van der Waals surface area contributed by atoms with Gasteiger partial charge < -0.3 is 11.1 Å². The molecule has 1 aliphatic heterocycles. The highest BCUT2D eigenvalue weighted by Gasteiger charge is 2.23.